The molecule has 2 bridgehead atoms. The van der Waals surface area contributed by atoms with E-state index in [0.717, 1.165) is 49.0 Å². The summed E-state index contributed by atoms with van der Waals surface area (Å²) in [4.78, 5) is 34.6. The van der Waals surface area contributed by atoms with Crippen LogP contribution < -0.4 is 11.1 Å². The van der Waals surface area contributed by atoms with Gasteiger partial charge in [-0.3, -0.25) is 4.79 Å². The predicted molar refractivity (Wildman–Crippen MR) is 201 cm³/mol. The van der Waals surface area contributed by atoms with Crippen LogP contribution in [0.1, 0.15) is 89.1 Å². The number of hydrogen-bond donors (Lipinski definition) is 2. The maximum absolute atomic E-state index is 15.2. The van der Waals surface area contributed by atoms with Gasteiger partial charge in [-0.15, -0.1) is 0 Å². The Kier molecular flexibility index (Phi) is 9.48. The minimum absolute atomic E-state index is 0.0896. The molecular weight excluding hydrogens is 675 g/mol. The number of fused-ring (bicyclic) bond motifs is 4. The third-order valence-electron chi connectivity index (χ3n) is 13.1. The van der Waals surface area contributed by atoms with E-state index in [2.05, 4.69) is 36.3 Å². The molecule has 10 nitrogen and oxygen atoms in total. The molecule has 1 spiro atoms. The number of imide groups is 1. The van der Waals surface area contributed by atoms with Crippen LogP contribution in [0.3, 0.4) is 0 Å². The van der Waals surface area contributed by atoms with Crippen LogP contribution in [0.25, 0.3) is 0 Å². The highest BCUT2D eigenvalue weighted by atomic mass is 32.2. The second-order valence-electron chi connectivity index (χ2n) is 17.5. The largest absolute Gasteiger partial charge is 0.443 e. The van der Waals surface area contributed by atoms with Gasteiger partial charge in [-0.1, -0.05) is 68.4 Å². The molecule has 280 valence electrons. The second-order valence-corrected chi connectivity index (χ2v) is 19.6. The molecule has 1 aromatic heterocycles. The number of nitrogens with one attached hydrogen (secondary N) is 1. The van der Waals surface area contributed by atoms with Crippen LogP contribution >= 0.6 is 0 Å². The first kappa shape index (κ1) is 36.8. The normalized spacial score (nSPS) is 26.6. The van der Waals surface area contributed by atoms with Crippen molar-refractivity contribution in [2.45, 2.75) is 114 Å². The molecule has 2 aromatic carbocycles. The molecule has 5 atom stereocenters. The summed E-state index contributed by atoms with van der Waals surface area (Å²) < 4.78 is 38.2. The summed E-state index contributed by atoms with van der Waals surface area (Å²) in [6.07, 6.45) is 6.93. The lowest BCUT2D eigenvalue weighted by Crippen LogP contribution is -2.61. The molecule has 52 heavy (non-hydrogen) atoms. The Hall–Kier alpha value is -3.54. The number of carbonyl (C=O) groups is 2. The monoisotopic (exact) mass is 729 g/mol. The molecule has 3 aromatic rings. The fourth-order valence-corrected chi connectivity index (χ4v) is 13.6. The van der Waals surface area contributed by atoms with Gasteiger partial charge in [0.05, 0.1) is 35.1 Å². The summed E-state index contributed by atoms with van der Waals surface area (Å²) in [5, 5.41) is 2.88. The number of piperidine rings is 1. The van der Waals surface area contributed by atoms with Crippen LogP contribution in [0.2, 0.25) is 0 Å². The first-order chi connectivity index (χ1) is 24.6. The maximum atomic E-state index is 15.2. The third kappa shape index (κ3) is 6.40. The SMILES string of the molecule is CC(C)(C)OC(=O)N(C(=O)[C@@H](N)Cc1cn(Cc2ccccc2)cn1)C1CC2CCC1(CS(=O)(=O)C1Cc3ccccc3C13CCNCC3)C2(C)C. The Balaban J connectivity index is 1.20. The van der Waals surface area contributed by atoms with Gasteiger partial charge in [-0.25, -0.2) is 23.1 Å². The van der Waals surface area contributed by atoms with Gasteiger partial charge < -0.3 is 20.4 Å². The number of ether oxygens (including phenoxy) is 1. The van der Waals surface area contributed by atoms with Gasteiger partial charge in [0.15, 0.2) is 9.84 Å². The van der Waals surface area contributed by atoms with Crippen molar-refractivity contribution in [3.8, 4) is 0 Å². The number of sulfone groups is 1. The van der Waals surface area contributed by atoms with Gasteiger partial charge >= 0.3 is 6.09 Å². The molecule has 1 saturated heterocycles. The Morgan fingerprint density at radius 2 is 1.75 bits per heavy atom. The molecule has 11 heteroatoms. The van der Waals surface area contributed by atoms with Crippen molar-refractivity contribution in [2.75, 3.05) is 18.8 Å². The Labute approximate surface area is 308 Å². The van der Waals surface area contributed by atoms with Crippen molar-refractivity contribution in [2.24, 2.45) is 22.5 Å². The van der Waals surface area contributed by atoms with E-state index < -0.39 is 61.0 Å². The molecule has 3 N–H and O–H groups in total. The van der Waals surface area contributed by atoms with Crippen LogP contribution in [0.5, 0.6) is 0 Å². The number of nitrogens with two attached hydrogens (primary N) is 1. The molecule has 4 unspecified atom stereocenters. The molecule has 3 aliphatic carbocycles. The summed E-state index contributed by atoms with van der Waals surface area (Å²) in [6, 6.07) is 16.5. The topological polar surface area (TPSA) is 137 Å². The zero-order chi connectivity index (χ0) is 37.1. The molecule has 0 radical (unpaired) electrons. The van der Waals surface area contributed by atoms with Gasteiger partial charge in [0.2, 0.25) is 5.91 Å². The fourth-order valence-electron chi connectivity index (χ4n) is 10.4. The van der Waals surface area contributed by atoms with Crippen LogP contribution in [0.4, 0.5) is 4.79 Å². The van der Waals surface area contributed by atoms with E-state index in [9.17, 15) is 9.59 Å². The first-order valence-corrected chi connectivity index (χ1v) is 20.6. The molecule has 4 aliphatic rings. The number of nitrogens with zero attached hydrogens (tertiary/aromatic N) is 3. The van der Waals surface area contributed by atoms with Gasteiger partial charge in [0.1, 0.15) is 5.60 Å². The van der Waals surface area contributed by atoms with Gasteiger partial charge in [0, 0.05) is 30.0 Å². The zero-order valence-corrected chi connectivity index (χ0v) is 32.1. The van der Waals surface area contributed by atoms with Crippen molar-refractivity contribution >= 4 is 21.8 Å². The maximum Gasteiger partial charge on any atom is 0.417 e. The summed E-state index contributed by atoms with van der Waals surface area (Å²) in [6.45, 7) is 11.8. The summed E-state index contributed by atoms with van der Waals surface area (Å²) >= 11 is 0. The lowest BCUT2D eigenvalue weighted by Gasteiger charge is -2.48. The van der Waals surface area contributed by atoms with Crippen molar-refractivity contribution in [1.82, 2.24) is 19.8 Å². The number of amides is 2. The van der Waals surface area contributed by atoms with Crippen molar-refractivity contribution in [3.63, 3.8) is 0 Å². The second kappa shape index (κ2) is 13.4. The van der Waals surface area contributed by atoms with E-state index in [1.165, 1.54) is 4.90 Å². The molecule has 3 fully saturated rings. The molecule has 2 amide bonds. The van der Waals surface area contributed by atoms with Crippen molar-refractivity contribution in [3.05, 3.63) is 89.5 Å². The summed E-state index contributed by atoms with van der Waals surface area (Å²) in [5.41, 5.74) is 8.09. The number of imidazole rings is 1. The summed E-state index contributed by atoms with van der Waals surface area (Å²) in [5.74, 6) is -0.502. The average molecular weight is 730 g/mol. The Morgan fingerprint density at radius 1 is 1.06 bits per heavy atom. The van der Waals surface area contributed by atoms with Gasteiger partial charge in [-0.05, 0) is 100 Å². The number of rotatable bonds is 9. The van der Waals surface area contributed by atoms with Crippen LogP contribution in [-0.4, -0.2) is 76.6 Å². The molecular formula is C41H55N5O5S. The van der Waals surface area contributed by atoms with E-state index in [4.69, 9.17) is 10.5 Å². The predicted octanol–water partition coefficient (Wildman–Crippen LogP) is 5.42. The van der Waals surface area contributed by atoms with Crippen molar-refractivity contribution in [1.29, 1.82) is 0 Å². The van der Waals surface area contributed by atoms with Crippen molar-refractivity contribution < 1.29 is 22.7 Å². The quantitative estimate of drug-likeness (QED) is 0.298. The number of benzene rings is 2. The number of hydrogen-bond acceptors (Lipinski definition) is 8. The first-order valence-electron chi connectivity index (χ1n) is 18.9. The minimum atomic E-state index is -3.74. The van der Waals surface area contributed by atoms with E-state index >= 15 is 8.42 Å². The molecule has 7 rings (SSSR count). The Morgan fingerprint density at radius 3 is 2.44 bits per heavy atom. The molecule has 1 aliphatic heterocycles. The van der Waals surface area contributed by atoms with Gasteiger partial charge in [0.25, 0.3) is 0 Å². The molecule has 2 saturated carbocycles. The van der Waals surface area contributed by atoms with Crippen LogP contribution in [0, 0.1) is 16.7 Å². The fraction of sp³-hybridized carbons (Fsp3) is 0.585. The highest BCUT2D eigenvalue weighted by Gasteiger charge is 2.69. The summed E-state index contributed by atoms with van der Waals surface area (Å²) in [7, 11) is -3.74. The van der Waals surface area contributed by atoms with Crippen LogP contribution in [0.15, 0.2) is 67.1 Å². The highest BCUT2D eigenvalue weighted by Crippen LogP contribution is 2.68. The van der Waals surface area contributed by atoms with E-state index in [1.54, 1.807) is 27.1 Å². The zero-order valence-electron chi connectivity index (χ0n) is 31.3. The van der Waals surface area contributed by atoms with E-state index in [0.29, 0.717) is 31.5 Å². The number of carbonyl (C=O) groups excluding carboxylic acids is 2. The smallest absolute Gasteiger partial charge is 0.417 e. The lowest BCUT2D eigenvalue weighted by atomic mass is 9.68. The molecule has 2 heterocycles. The average Bonchev–Trinajstić information content (AvgIpc) is 3.78. The van der Waals surface area contributed by atoms with Crippen LogP contribution in [-0.2, 0) is 44.2 Å². The Bertz CT molecular complexity index is 1910. The number of aromatic nitrogens is 2. The third-order valence-corrected chi connectivity index (χ3v) is 15.5. The minimum Gasteiger partial charge on any atom is -0.443 e. The van der Waals surface area contributed by atoms with Gasteiger partial charge in [-0.2, -0.15) is 0 Å². The standard InChI is InChI=1S/C41H55N5O5S/c1-38(2,3)51-37(48)46(36(47)33(42)23-31-25-45(27-44-31)24-28-11-7-6-8-12-28)34-22-30-15-16-41(34,39(30,4)5)26-52(49,50)35-21-29-13-9-10-14-32(29)40(35)17-19-43-20-18-40/h6-14,25,27,30,33-35,43H,15-24,26,42H2,1-5H3/t30?,33-,34?,35?,41?/m0/s1. The highest BCUT2D eigenvalue weighted by molar-refractivity contribution is 7.92. The van der Waals surface area contributed by atoms with E-state index in [1.807, 2.05) is 53.2 Å². The lowest BCUT2D eigenvalue weighted by molar-refractivity contribution is -0.137. The van der Waals surface area contributed by atoms with E-state index in [-0.39, 0.29) is 18.1 Å².